The molecule has 1 aliphatic heterocycles. The highest BCUT2D eigenvalue weighted by Gasteiger charge is 2.34. The predicted molar refractivity (Wildman–Crippen MR) is 116 cm³/mol. The Morgan fingerprint density at radius 2 is 1.91 bits per heavy atom. The molecule has 1 unspecified atom stereocenters. The summed E-state index contributed by atoms with van der Waals surface area (Å²) < 4.78 is 13.1. The van der Waals surface area contributed by atoms with E-state index in [1.54, 1.807) is 23.0 Å². The van der Waals surface area contributed by atoms with E-state index in [4.69, 9.17) is 9.15 Å². The molecule has 1 aliphatic rings. The second kappa shape index (κ2) is 7.26. The number of ether oxygens (including phenoxy) is 1. The van der Waals surface area contributed by atoms with E-state index in [1.807, 2.05) is 20.0 Å². The third-order valence-corrected chi connectivity index (χ3v) is 5.70. The lowest BCUT2D eigenvalue weighted by Gasteiger charge is -2.25. The van der Waals surface area contributed by atoms with Gasteiger partial charge in [-0.05, 0) is 37.1 Å². The quantitative estimate of drug-likeness (QED) is 0.370. The van der Waals surface area contributed by atoms with Crippen LogP contribution in [0.4, 0.5) is 0 Å². The molecule has 4 aromatic rings. The number of carbonyl (C=O) groups is 1. The Balaban J connectivity index is 1.74. The van der Waals surface area contributed by atoms with Gasteiger partial charge in [0.05, 0.1) is 18.2 Å². The van der Waals surface area contributed by atoms with Crippen LogP contribution in [0.3, 0.4) is 0 Å². The number of benzene rings is 2. The fourth-order valence-electron chi connectivity index (χ4n) is 4.07. The van der Waals surface area contributed by atoms with Crippen LogP contribution in [-0.4, -0.2) is 26.0 Å². The number of rotatable bonds is 3. The molecule has 5 rings (SSSR count). The summed E-state index contributed by atoms with van der Waals surface area (Å²) in [7, 11) is 0. The fraction of sp³-hybridized carbons (Fsp3) is 0.208. The van der Waals surface area contributed by atoms with Crippen molar-refractivity contribution < 1.29 is 24.2 Å². The molecule has 0 amide bonds. The van der Waals surface area contributed by atoms with Crippen LogP contribution >= 0.6 is 0 Å². The van der Waals surface area contributed by atoms with E-state index in [-0.39, 0.29) is 46.2 Å². The monoisotopic (exact) mass is 432 g/mol. The first-order chi connectivity index (χ1) is 15.3. The first-order valence-corrected chi connectivity index (χ1v) is 10.2. The standard InChI is InChI=1S/C24H20N2O6/c1-12(2)26-10-14(9-25-26)16-7-20(29)32-19-8-18(28)22-23(30)17(11-31-24(22)21(16)19)13-3-5-15(27)6-4-13/h3-6,8-12,16,27-28H,7H2,1-2H3. The summed E-state index contributed by atoms with van der Waals surface area (Å²) in [6.45, 7) is 3.99. The predicted octanol–water partition coefficient (Wildman–Crippen LogP) is 4.09. The van der Waals surface area contributed by atoms with Gasteiger partial charge in [0, 0.05) is 29.8 Å². The van der Waals surface area contributed by atoms with E-state index in [0.29, 0.717) is 11.1 Å². The molecule has 3 heterocycles. The van der Waals surface area contributed by atoms with Crippen LogP contribution < -0.4 is 10.2 Å². The molecule has 0 spiro atoms. The molecular formula is C24H20N2O6. The summed E-state index contributed by atoms with van der Waals surface area (Å²) in [6, 6.07) is 7.54. The first-order valence-electron chi connectivity index (χ1n) is 10.2. The van der Waals surface area contributed by atoms with Gasteiger partial charge >= 0.3 is 5.97 Å². The fourth-order valence-corrected chi connectivity index (χ4v) is 4.07. The van der Waals surface area contributed by atoms with Gasteiger partial charge in [0.25, 0.3) is 0 Å². The zero-order chi connectivity index (χ0) is 22.6. The molecule has 0 saturated carbocycles. The molecule has 32 heavy (non-hydrogen) atoms. The van der Waals surface area contributed by atoms with Crippen molar-refractivity contribution in [1.82, 2.24) is 9.78 Å². The molecule has 8 heteroatoms. The largest absolute Gasteiger partial charge is 0.508 e. The molecule has 8 nitrogen and oxygen atoms in total. The van der Waals surface area contributed by atoms with Crippen molar-refractivity contribution in [1.29, 1.82) is 0 Å². The van der Waals surface area contributed by atoms with Crippen LogP contribution in [0.1, 0.15) is 43.4 Å². The SMILES string of the molecule is CC(C)n1cc(C2CC(=O)Oc3cc(O)c4c(=O)c(-c5ccc(O)cc5)coc4c32)cn1. The third-order valence-electron chi connectivity index (χ3n) is 5.70. The lowest BCUT2D eigenvalue weighted by atomic mass is 9.86. The highest BCUT2D eigenvalue weighted by atomic mass is 16.5. The highest BCUT2D eigenvalue weighted by molar-refractivity contribution is 5.94. The molecule has 2 N–H and O–H groups in total. The zero-order valence-electron chi connectivity index (χ0n) is 17.4. The first kappa shape index (κ1) is 19.9. The van der Waals surface area contributed by atoms with Gasteiger partial charge in [-0.25, -0.2) is 0 Å². The molecule has 162 valence electrons. The van der Waals surface area contributed by atoms with Crippen molar-refractivity contribution in [3.8, 4) is 28.4 Å². The second-order valence-corrected chi connectivity index (χ2v) is 8.12. The zero-order valence-corrected chi connectivity index (χ0v) is 17.4. The molecule has 0 fully saturated rings. The van der Waals surface area contributed by atoms with Gasteiger partial charge in [0.1, 0.15) is 34.5 Å². The second-order valence-electron chi connectivity index (χ2n) is 8.12. The number of hydrogen-bond acceptors (Lipinski definition) is 7. The van der Waals surface area contributed by atoms with Gasteiger partial charge in [0.15, 0.2) is 0 Å². The maximum atomic E-state index is 13.3. The Hall–Kier alpha value is -4.07. The minimum atomic E-state index is -0.443. The lowest BCUT2D eigenvalue weighted by Crippen LogP contribution is -2.22. The van der Waals surface area contributed by atoms with Crippen molar-refractivity contribution in [3.05, 3.63) is 70.3 Å². The number of aromatic hydroxyl groups is 2. The maximum Gasteiger partial charge on any atom is 0.312 e. The maximum absolute atomic E-state index is 13.3. The number of hydrogen-bond donors (Lipinski definition) is 2. The topological polar surface area (TPSA) is 115 Å². The number of esters is 1. The summed E-state index contributed by atoms with van der Waals surface area (Å²) in [4.78, 5) is 25.6. The number of fused-ring (bicyclic) bond motifs is 3. The molecule has 2 aromatic heterocycles. The van der Waals surface area contributed by atoms with E-state index in [0.717, 1.165) is 5.56 Å². The van der Waals surface area contributed by atoms with Crippen LogP contribution in [0, 0.1) is 0 Å². The van der Waals surface area contributed by atoms with E-state index in [2.05, 4.69) is 5.10 Å². The minimum absolute atomic E-state index is 0.00789. The third kappa shape index (κ3) is 3.11. The van der Waals surface area contributed by atoms with Crippen molar-refractivity contribution >= 4 is 16.9 Å². The highest BCUT2D eigenvalue weighted by Crippen LogP contribution is 2.45. The Morgan fingerprint density at radius 3 is 2.59 bits per heavy atom. The van der Waals surface area contributed by atoms with Crippen molar-refractivity contribution in [2.24, 2.45) is 0 Å². The van der Waals surface area contributed by atoms with Crippen LogP contribution in [-0.2, 0) is 4.79 Å². The number of nitrogens with zero attached hydrogens (tertiary/aromatic N) is 2. The molecule has 0 radical (unpaired) electrons. The lowest BCUT2D eigenvalue weighted by molar-refractivity contribution is -0.135. The molecular weight excluding hydrogens is 412 g/mol. The van der Waals surface area contributed by atoms with Crippen LogP contribution in [0.25, 0.3) is 22.1 Å². The van der Waals surface area contributed by atoms with Crippen LogP contribution in [0.2, 0.25) is 0 Å². The van der Waals surface area contributed by atoms with Gasteiger partial charge < -0.3 is 19.4 Å². The van der Waals surface area contributed by atoms with Crippen LogP contribution in [0.15, 0.2) is 58.2 Å². The number of phenols is 2. The summed E-state index contributed by atoms with van der Waals surface area (Å²) in [5, 5.41) is 24.5. The van der Waals surface area contributed by atoms with Gasteiger partial charge in [-0.15, -0.1) is 0 Å². The van der Waals surface area contributed by atoms with Crippen LogP contribution in [0.5, 0.6) is 17.2 Å². The van der Waals surface area contributed by atoms with E-state index in [1.165, 1.54) is 24.5 Å². The van der Waals surface area contributed by atoms with Gasteiger partial charge in [-0.3, -0.25) is 14.3 Å². The number of aromatic nitrogens is 2. The van der Waals surface area contributed by atoms with Gasteiger partial charge in [-0.2, -0.15) is 5.10 Å². The van der Waals surface area contributed by atoms with Crippen molar-refractivity contribution in [2.75, 3.05) is 0 Å². The Labute approximate surface area is 182 Å². The summed E-state index contributed by atoms with van der Waals surface area (Å²) in [5.41, 5.74) is 1.83. The summed E-state index contributed by atoms with van der Waals surface area (Å²) in [6.07, 6.45) is 4.93. The van der Waals surface area contributed by atoms with Crippen molar-refractivity contribution in [3.63, 3.8) is 0 Å². The van der Waals surface area contributed by atoms with Gasteiger partial charge in [-0.1, -0.05) is 12.1 Å². The molecule has 2 aromatic carbocycles. The van der Waals surface area contributed by atoms with E-state index >= 15 is 0 Å². The van der Waals surface area contributed by atoms with E-state index in [9.17, 15) is 19.8 Å². The molecule has 0 saturated heterocycles. The normalized spacial score (nSPS) is 15.7. The van der Waals surface area contributed by atoms with Gasteiger partial charge in [0.2, 0.25) is 5.43 Å². The molecule has 1 atom stereocenters. The van der Waals surface area contributed by atoms with E-state index < -0.39 is 17.3 Å². The van der Waals surface area contributed by atoms with Crippen molar-refractivity contribution in [2.45, 2.75) is 32.2 Å². The average Bonchev–Trinajstić information content (AvgIpc) is 3.24. The minimum Gasteiger partial charge on any atom is -0.508 e. The summed E-state index contributed by atoms with van der Waals surface area (Å²) in [5.74, 6) is -0.984. The molecule has 0 aliphatic carbocycles. The Morgan fingerprint density at radius 1 is 1.16 bits per heavy atom. The average molecular weight is 432 g/mol. The number of phenolic OH excluding ortho intramolecular Hbond substituents is 2. The molecule has 0 bridgehead atoms. The smallest absolute Gasteiger partial charge is 0.312 e. The Kier molecular flexibility index (Phi) is 4.51. The summed E-state index contributed by atoms with van der Waals surface area (Å²) >= 11 is 0. The number of carbonyl (C=O) groups excluding carboxylic acids is 1. The Bertz CT molecular complexity index is 1420.